The molecule has 1 aliphatic rings. The average molecular weight is 567 g/mol. The Hall–Kier alpha value is -2.15. The molecule has 32 heavy (non-hydrogen) atoms. The summed E-state index contributed by atoms with van der Waals surface area (Å²) in [5, 5.41) is 6.32. The number of rotatable bonds is 7. The summed E-state index contributed by atoms with van der Waals surface area (Å²) in [5.74, 6) is 1.06. The lowest BCUT2D eigenvalue weighted by atomic mass is 10.2. The number of alkyl halides is 3. The van der Waals surface area contributed by atoms with Crippen LogP contribution in [0.4, 0.5) is 17.6 Å². The zero-order chi connectivity index (χ0) is 22.3. The van der Waals surface area contributed by atoms with E-state index < -0.39 is 12.7 Å². The lowest BCUT2D eigenvalue weighted by Gasteiger charge is -2.19. The first kappa shape index (κ1) is 26.1. The summed E-state index contributed by atoms with van der Waals surface area (Å²) in [5.41, 5.74) is 0.841. The predicted octanol–water partition coefficient (Wildman–Crippen LogP) is 4.32. The fraction of sp³-hybridized carbons (Fsp3) is 0.429. The summed E-state index contributed by atoms with van der Waals surface area (Å²) in [4.78, 5) is 10.1. The Labute approximate surface area is 201 Å². The third kappa shape index (κ3) is 8.77. The first-order chi connectivity index (χ1) is 14.8. The molecule has 1 fully saturated rings. The van der Waals surface area contributed by atoms with Crippen LogP contribution in [0.5, 0.6) is 11.6 Å². The average Bonchev–Trinajstić information content (AvgIpc) is 3.14. The zero-order valence-corrected chi connectivity index (χ0v) is 19.9. The van der Waals surface area contributed by atoms with E-state index in [1.54, 1.807) is 12.3 Å². The van der Waals surface area contributed by atoms with Gasteiger partial charge in [0.15, 0.2) is 5.96 Å². The van der Waals surface area contributed by atoms with Gasteiger partial charge in [-0.2, -0.15) is 13.2 Å². The third-order valence-corrected chi connectivity index (χ3v) is 4.61. The minimum absolute atomic E-state index is 0. The lowest BCUT2D eigenvalue weighted by molar-refractivity contribution is -0.143. The van der Waals surface area contributed by atoms with Crippen LogP contribution in [0.2, 0.25) is 0 Å². The smallest absolute Gasteiger partial charge is 0.401 e. The molecule has 0 saturated carbocycles. The van der Waals surface area contributed by atoms with Crippen LogP contribution >= 0.6 is 24.0 Å². The predicted molar refractivity (Wildman–Crippen MR) is 125 cm³/mol. The molecule has 1 unspecified atom stereocenters. The molecule has 0 aliphatic carbocycles. The highest BCUT2D eigenvalue weighted by atomic mass is 127. The zero-order valence-electron chi connectivity index (χ0n) is 17.5. The van der Waals surface area contributed by atoms with E-state index in [1.165, 1.54) is 29.2 Å². The number of hydrogen-bond acceptors (Lipinski definition) is 4. The van der Waals surface area contributed by atoms with E-state index in [-0.39, 0.29) is 35.8 Å². The molecule has 2 aromatic rings. The van der Waals surface area contributed by atoms with Crippen molar-refractivity contribution >= 4 is 29.9 Å². The Bertz CT molecular complexity index is 862. The largest absolute Gasteiger partial charge is 0.439 e. The molecule has 1 atom stereocenters. The van der Waals surface area contributed by atoms with E-state index in [9.17, 15) is 17.6 Å². The number of aliphatic imine (C=N–C) groups is 1. The van der Waals surface area contributed by atoms with E-state index in [1.807, 2.05) is 13.0 Å². The van der Waals surface area contributed by atoms with Crippen molar-refractivity contribution in [2.24, 2.45) is 4.99 Å². The second-order valence-corrected chi connectivity index (χ2v) is 7.24. The van der Waals surface area contributed by atoms with Gasteiger partial charge >= 0.3 is 6.18 Å². The van der Waals surface area contributed by atoms with Crippen LogP contribution in [0.25, 0.3) is 0 Å². The van der Waals surface area contributed by atoms with Crippen molar-refractivity contribution in [2.45, 2.75) is 32.1 Å². The highest BCUT2D eigenvalue weighted by Crippen LogP contribution is 2.21. The summed E-state index contributed by atoms with van der Waals surface area (Å²) in [7, 11) is 0. The van der Waals surface area contributed by atoms with Crippen molar-refractivity contribution in [3.8, 4) is 11.6 Å². The summed E-state index contributed by atoms with van der Waals surface area (Å²) in [6.45, 7) is 2.73. The number of hydrogen-bond donors (Lipinski definition) is 2. The maximum absolute atomic E-state index is 13.0. The van der Waals surface area contributed by atoms with Gasteiger partial charge in [0.2, 0.25) is 5.88 Å². The van der Waals surface area contributed by atoms with E-state index in [0.717, 1.165) is 5.56 Å². The maximum Gasteiger partial charge on any atom is 0.401 e. The molecule has 1 aromatic heterocycles. The molecule has 0 bridgehead atoms. The fourth-order valence-electron chi connectivity index (χ4n) is 3.22. The van der Waals surface area contributed by atoms with Gasteiger partial charge in [0, 0.05) is 37.9 Å². The van der Waals surface area contributed by atoms with Crippen molar-refractivity contribution < 1.29 is 22.3 Å². The Morgan fingerprint density at radius 3 is 2.59 bits per heavy atom. The van der Waals surface area contributed by atoms with E-state index >= 15 is 0 Å². The number of nitrogens with zero attached hydrogens (tertiary/aromatic N) is 3. The Balaban J connectivity index is 0.00000363. The van der Waals surface area contributed by atoms with Gasteiger partial charge in [0.05, 0.1) is 13.1 Å². The van der Waals surface area contributed by atoms with Crippen molar-refractivity contribution in [3.05, 3.63) is 54.0 Å². The van der Waals surface area contributed by atoms with Gasteiger partial charge < -0.3 is 15.4 Å². The second kappa shape index (κ2) is 12.2. The van der Waals surface area contributed by atoms with E-state index in [0.29, 0.717) is 50.2 Å². The number of ether oxygens (including phenoxy) is 1. The molecule has 11 heteroatoms. The van der Waals surface area contributed by atoms with Gasteiger partial charge in [-0.1, -0.05) is 6.07 Å². The number of nitrogens with one attached hydrogen (secondary N) is 2. The van der Waals surface area contributed by atoms with Gasteiger partial charge in [-0.05, 0) is 43.2 Å². The maximum atomic E-state index is 13.0. The molecule has 2 heterocycles. The van der Waals surface area contributed by atoms with Crippen LogP contribution in [0.3, 0.4) is 0 Å². The van der Waals surface area contributed by atoms with Crippen LogP contribution in [-0.2, 0) is 6.54 Å². The van der Waals surface area contributed by atoms with Gasteiger partial charge in [0.25, 0.3) is 0 Å². The summed E-state index contributed by atoms with van der Waals surface area (Å²) >= 11 is 0. The molecular weight excluding hydrogens is 541 g/mol. The summed E-state index contributed by atoms with van der Waals surface area (Å²) < 4.78 is 56.2. The lowest BCUT2D eigenvalue weighted by Crippen LogP contribution is -2.45. The van der Waals surface area contributed by atoms with Gasteiger partial charge in [0.1, 0.15) is 11.6 Å². The highest BCUT2D eigenvalue weighted by molar-refractivity contribution is 14.0. The minimum Gasteiger partial charge on any atom is -0.439 e. The molecule has 176 valence electrons. The van der Waals surface area contributed by atoms with Crippen molar-refractivity contribution in [2.75, 3.05) is 26.2 Å². The molecule has 1 aromatic carbocycles. The first-order valence-electron chi connectivity index (χ1n) is 10.0. The highest BCUT2D eigenvalue weighted by Gasteiger charge is 2.34. The number of halogens is 5. The molecule has 0 amide bonds. The topological polar surface area (TPSA) is 61.8 Å². The molecule has 6 nitrogen and oxygen atoms in total. The SMILES string of the molecule is CCNC(=NCc1ccc(Oc2ccc(F)cc2)nc1)NC1CCN(CC(F)(F)F)C1.I. The standard InChI is InChI=1S/C21H25F4N5O.HI/c1-2-26-20(29-17-9-10-30(13-17)14-21(23,24)25)28-12-15-3-8-19(27-11-15)31-18-6-4-16(22)5-7-18;/h3-8,11,17H,2,9-10,12-14H2,1H3,(H2,26,28,29);1H. The van der Waals surface area contributed by atoms with E-state index in [4.69, 9.17) is 4.74 Å². The number of benzene rings is 1. The molecule has 1 aliphatic heterocycles. The minimum atomic E-state index is -4.19. The second-order valence-electron chi connectivity index (χ2n) is 7.24. The Kier molecular flexibility index (Phi) is 9.94. The molecule has 0 spiro atoms. The molecular formula is C21H26F4IN5O. The Morgan fingerprint density at radius 1 is 1.22 bits per heavy atom. The van der Waals surface area contributed by atoms with Gasteiger partial charge in [-0.15, -0.1) is 24.0 Å². The van der Waals surface area contributed by atoms with Crippen molar-refractivity contribution in [1.29, 1.82) is 0 Å². The summed E-state index contributed by atoms with van der Waals surface area (Å²) in [6, 6.07) is 9.07. The van der Waals surface area contributed by atoms with Crippen LogP contribution < -0.4 is 15.4 Å². The van der Waals surface area contributed by atoms with Gasteiger partial charge in [-0.25, -0.2) is 14.4 Å². The van der Waals surface area contributed by atoms with Crippen LogP contribution in [-0.4, -0.2) is 54.2 Å². The van der Waals surface area contributed by atoms with Gasteiger partial charge in [-0.3, -0.25) is 4.90 Å². The monoisotopic (exact) mass is 567 g/mol. The van der Waals surface area contributed by atoms with Crippen LogP contribution in [0, 0.1) is 5.82 Å². The van der Waals surface area contributed by atoms with Crippen molar-refractivity contribution in [3.63, 3.8) is 0 Å². The summed E-state index contributed by atoms with van der Waals surface area (Å²) in [6.07, 6.45) is -1.93. The third-order valence-electron chi connectivity index (χ3n) is 4.61. The first-order valence-corrected chi connectivity index (χ1v) is 10.0. The number of aromatic nitrogens is 1. The number of pyridine rings is 1. The fourth-order valence-corrected chi connectivity index (χ4v) is 3.22. The van der Waals surface area contributed by atoms with Crippen LogP contribution in [0.1, 0.15) is 18.9 Å². The van der Waals surface area contributed by atoms with Crippen LogP contribution in [0.15, 0.2) is 47.6 Å². The quantitative estimate of drug-likeness (QED) is 0.226. The molecule has 3 rings (SSSR count). The number of guanidine groups is 1. The number of likely N-dealkylation sites (tertiary alicyclic amines) is 1. The molecule has 2 N–H and O–H groups in total. The molecule has 0 radical (unpaired) electrons. The normalized spacial score (nSPS) is 17.0. The van der Waals surface area contributed by atoms with Crippen molar-refractivity contribution in [1.82, 2.24) is 20.5 Å². The van der Waals surface area contributed by atoms with E-state index in [2.05, 4.69) is 20.6 Å². The Morgan fingerprint density at radius 2 is 1.97 bits per heavy atom. The molecule has 1 saturated heterocycles.